The quantitative estimate of drug-likeness (QED) is 0.493. The Labute approximate surface area is 195 Å². The van der Waals surface area contributed by atoms with Gasteiger partial charge in [-0.3, -0.25) is 4.79 Å². The summed E-state index contributed by atoms with van der Waals surface area (Å²) in [4.78, 5) is 15.5. The first-order chi connectivity index (χ1) is 16.2. The molecule has 0 radical (unpaired) electrons. The fourth-order valence-electron chi connectivity index (χ4n) is 4.07. The van der Waals surface area contributed by atoms with Crippen molar-refractivity contribution in [1.29, 1.82) is 0 Å². The lowest BCUT2D eigenvalue weighted by molar-refractivity contribution is 0.102. The molecule has 0 atom stereocenters. The van der Waals surface area contributed by atoms with Crippen molar-refractivity contribution in [2.45, 2.75) is 25.9 Å². The predicted octanol–water partition coefficient (Wildman–Crippen LogP) is 5.53. The van der Waals surface area contributed by atoms with Crippen LogP contribution in [0.5, 0.6) is 17.2 Å². The Morgan fingerprint density at radius 2 is 1.52 bits per heavy atom. The summed E-state index contributed by atoms with van der Waals surface area (Å²) in [5.41, 5.74) is 3.31. The van der Waals surface area contributed by atoms with E-state index in [-0.39, 0.29) is 5.91 Å². The molecule has 0 spiro atoms. The van der Waals surface area contributed by atoms with Gasteiger partial charge in [-0.15, -0.1) is 0 Å². The van der Waals surface area contributed by atoms with Gasteiger partial charge in [0.25, 0.3) is 5.91 Å². The first kappa shape index (κ1) is 22.5. The molecule has 4 rings (SSSR count). The Morgan fingerprint density at radius 1 is 0.879 bits per heavy atom. The van der Waals surface area contributed by atoms with E-state index in [1.54, 1.807) is 26.4 Å². The highest BCUT2D eigenvalue weighted by atomic mass is 16.5. The van der Waals surface area contributed by atoms with Crippen LogP contribution in [0, 0.1) is 0 Å². The summed E-state index contributed by atoms with van der Waals surface area (Å²) in [5, 5.41) is 3.07. The second kappa shape index (κ2) is 10.8. The van der Waals surface area contributed by atoms with E-state index in [2.05, 4.69) is 16.3 Å². The Balaban J connectivity index is 1.56. The monoisotopic (exact) mass is 446 g/mol. The summed E-state index contributed by atoms with van der Waals surface area (Å²) in [6.07, 6.45) is 3.59. The van der Waals surface area contributed by atoms with Crippen LogP contribution in [0.15, 0.2) is 66.7 Å². The smallest absolute Gasteiger partial charge is 0.255 e. The second-order valence-corrected chi connectivity index (χ2v) is 8.00. The molecule has 1 saturated heterocycles. The number of benzene rings is 3. The van der Waals surface area contributed by atoms with E-state index in [0.29, 0.717) is 29.4 Å². The van der Waals surface area contributed by atoms with E-state index >= 15 is 0 Å². The number of carbonyl (C=O) groups excluding carboxylic acids is 1. The molecule has 6 heteroatoms. The molecule has 0 aromatic heterocycles. The maximum atomic E-state index is 13.2. The highest BCUT2D eigenvalue weighted by Crippen LogP contribution is 2.39. The van der Waals surface area contributed by atoms with Gasteiger partial charge < -0.3 is 24.4 Å². The number of piperidine rings is 1. The number of nitrogens with zero attached hydrogens (tertiary/aromatic N) is 1. The van der Waals surface area contributed by atoms with Crippen LogP contribution in [0.1, 0.15) is 35.2 Å². The Bertz CT molecular complexity index is 1050. The SMILES string of the molecule is COc1cc(C(=O)Nc2ccccc2N2CCCCC2)cc(OC)c1OCc1ccccc1. The lowest BCUT2D eigenvalue weighted by Gasteiger charge is -2.30. The summed E-state index contributed by atoms with van der Waals surface area (Å²) >= 11 is 0. The fraction of sp³-hybridized carbons (Fsp3) is 0.296. The van der Waals surface area contributed by atoms with Crippen molar-refractivity contribution < 1.29 is 19.0 Å². The van der Waals surface area contributed by atoms with Gasteiger partial charge in [0.05, 0.1) is 25.6 Å². The third-order valence-electron chi connectivity index (χ3n) is 5.80. The fourth-order valence-corrected chi connectivity index (χ4v) is 4.07. The zero-order valence-corrected chi connectivity index (χ0v) is 19.2. The molecule has 1 fully saturated rings. The zero-order chi connectivity index (χ0) is 23.0. The molecule has 0 bridgehead atoms. The predicted molar refractivity (Wildman–Crippen MR) is 131 cm³/mol. The first-order valence-electron chi connectivity index (χ1n) is 11.3. The van der Waals surface area contributed by atoms with E-state index in [9.17, 15) is 4.79 Å². The van der Waals surface area contributed by atoms with Crippen molar-refractivity contribution in [3.8, 4) is 17.2 Å². The number of rotatable bonds is 8. The standard InChI is InChI=1S/C27H30N2O4/c1-31-24-17-21(18-25(32-2)26(24)33-19-20-11-5-3-6-12-20)27(30)28-22-13-7-8-14-23(22)29-15-9-4-10-16-29/h3,5-8,11-14,17-18H,4,9-10,15-16,19H2,1-2H3,(H,28,30). The average Bonchev–Trinajstić information content (AvgIpc) is 2.88. The van der Waals surface area contributed by atoms with Crippen LogP contribution in [-0.2, 0) is 6.61 Å². The van der Waals surface area contributed by atoms with Crippen molar-refractivity contribution in [2.75, 3.05) is 37.5 Å². The molecule has 3 aromatic carbocycles. The molecule has 0 unspecified atom stereocenters. The normalized spacial score (nSPS) is 13.3. The number of anilines is 2. The minimum Gasteiger partial charge on any atom is -0.493 e. The number of carbonyl (C=O) groups is 1. The summed E-state index contributed by atoms with van der Waals surface area (Å²) in [6.45, 7) is 2.37. The van der Waals surface area contributed by atoms with Crippen molar-refractivity contribution in [2.24, 2.45) is 0 Å². The zero-order valence-electron chi connectivity index (χ0n) is 19.2. The Kier molecular flexibility index (Phi) is 7.35. The van der Waals surface area contributed by atoms with Gasteiger partial charge in [0.15, 0.2) is 11.5 Å². The summed E-state index contributed by atoms with van der Waals surface area (Å²) in [7, 11) is 3.11. The largest absolute Gasteiger partial charge is 0.493 e. The van der Waals surface area contributed by atoms with Crippen LogP contribution in [-0.4, -0.2) is 33.2 Å². The second-order valence-electron chi connectivity index (χ2n) is 8.00. The highest BCUT2D eigenvalue weighted by molar-refractivity contribution is 6.06. The van der Waals surface area contributed by atoms with Gasteiger partial charge in [0, 0.05) is 18.7 Å². The molecular formula is C27H30N2O4. The minimum atomic E-state index is -0.231. The van der Waals surface area contributed by atoms with E-state index in [0.717, 1.165) is 30.0 Å². The van der Waals surface area contributed by atoms with Gasteiger partial charge in [-0.2, -0.15) is 0 Å². The molecule has 1 heterocycles. The third-order valence-corrected chi connectivity index (χ3v) is 5.80. The number of ether oxygens (including phenoxy) is 3. The molecule has 3 aromatic rings. The number of hydrogen-bond donors (Lipinski definition) is 1. The topological polar surface area (TPSA) is 60.0 Å². The van der Waals surface area contributed by atoms with Crippen LogP contribution in [0.4, 0.5) is 11.4 Å². The summed E-state index contributed by atoms with van der Waals surface area (Å²) < 4.78 is 17.1. The van der Waals surface area contributed by atoms with Crippen molar-refractivity contribution >= 4 is 17.3 Å². The van der Waals surface area contributed by atoms with Crippen molar-refractivity contribution in [3.63, 3.8) is 0 Å². The van der Waals surface area contributed by atoms with Crippen LogP contribution in [0.25, 0.3) is 0 Å². The lowest BCUT2D eigenvalue weighted by atomic mass is 10.1. The van der Waals surface area contributed by atoms with E-state index in [4.69, 9.17) is 14.2 Å². The average molecular weight is 447 g/mol. The summed E-state index contributed by atoms with van der Waals surface area (Å²) in [6, 6.07) is 21.2. The van der Waals surface area contributed by atoms with Gasteiger partial charge in [-0.25, -0.2) is 0 Å². The number of amides is 1. The van der Waals surface area contributed by atoms with Crippen LogP contribution in [0.3, 0.4) is 0 Å². The maximum Gasteiger partial charge on any atom is 0.255 e. The highest BCUT2D eigenvalue weighted by Gasteiger charge is 2.20. The van der Waals surface area contributed by atoms with Crippen LogP contribution >= 0.6 is 0 Å². The van der Waals surface area contributed by atoms with Gasteiger partial charge >= 0.3 is 0 Å². The van der Waals surface area contributed by atoms with Crippen molar-refractivity contribution in [1.82, 2.24) is 0 Å². The van der Waals surface area contributed by atoms with Gasteiger partial charge in [-0.1, -0.05) is 42.5 Å². The van der Waals surface area contributed by atoms with Gasteiger partial charge in [0.1, 0.15) is 6.61 Å². The number of hydrogen-bond acceptors (Lipinski definition) is 5. The van der Waals surface area contributed by atoms with Gasteiger partial charge in [-0.05, 0) is 49.1 Å². The first-order valence-corrected chi connectivity index (χ1v) is 11.3. The van der Waals surface area contributed by atoms with E-state index in [1.807, 2.05) is 48.5 Å². The Morgan fingerprint density at radius 3 is 2.18 bits per heavy atom. The van der Waals surface area contributed by atoms with Crippen molar-refractivity contribution in [3.05, 3.63) is 77.9 Å². The van der Waals surface area contributed by atoms with Crippen LogP contribution in [0.2, 0.25) is 0 Å². The molecule has 1 amide bonds. The minimum absolute atomic E-state index is 0.231. The molecule has 1 N–H and O–H groups in total. The molecular weight excluding hydrogens is 416 g/mol. The molecule has 33 heavy (non-hydrogen) atoms. The van der Waals surface area contributed by atoms with Crippen LogP contribution < -0.4 is 24.4 Å². The molecule has 172 valence electrons. The third kappa shape index (κ3) is 5.40. The summed E-state index contributed by atoms with van der Waals surface area (Å²) in [5.74, 6) is 1.12. The lowest BCUT2D eigenvalue weighted by Crippen LogP contribution is -2.30. The molecule has 0 aliphatic carbocycles. The Hall–Kier alpha value is -3.67. The molecule has 1 aliphatic heterocycles. The molecule has 1 aliphatic rings. The molecule has 0 saturated carbocycles. The number of nitrogens with one attached hydrogen (secondary N) is 1. The van der Waals surface area contributed by atoms with E-state index in [1.165, 1.54) is 19.3 Å². The maximum absolute atomic E-state index is 13.2. The number of methoxy groups -OCH3 is 2. The van der Waals surface area contributed by atoms with Gasteiger partial charge in [0.2, 0.25) is 5.75 Å². The molecule has 6 nitrogen and oxygen atoms in total. The van der Waals surface area contributed by atoms with E-state index < -0.39 is 0 Å². The number of para-hydroxylation sites is 2.